The van der Waals surface area contributed by atoms with E-state index in [2.05, 4.69) is 20.5 Å². The van der Waals surface area contributed by atoms with Crippen LogP contribution in [0.2, 0.25) is 0 Å². The lowest BCUT2D eigenvalue weighted by Gasteiger charge is -2.32. The van der Waals surface area contributed by atoms with Crippen molar-refractivity contribution in [2.75, 3.05) is 18.8 Å². The van der Waals surface area contributed by atoms with Crippen molar-refractivity contribution in [3.8, 4) is 0 Å². The third-order valence-electron chi connectivity index (χ3n) is 4.49. The van der Waals surface area contributed by atoms with E-state index in [1.165, 1.54) is 0 Å². The molecule has 0 atom stereocenters. The number of nitrogens with zero attached hydrogens (tertiary/aromatic N) is 2. The molecule has 0 unspecified atom stereocenters. The summed E-state index contributed by atoms with van der Waals surface area (Å²) >= 11 is 3.33. The first-order chi connectivity index (χ1) is 11.9. The highest BCUT2D eigenvalue weighted by atomic mass is 79.9. The lowest BCUT2D eigenvalue weighted by atomic mass is 10.1. The molecular weight excluding hydrogens is 404 g/mol. The molecule has 2 heterocycles. The van der Waals surface area contributed by atoms with Crippen molar-refractivity contribution in [3.05, 3.63) is 58.8 Å². The van der Waals surface area contributed by atoms with Crippen LogP contribution in [0.15, 0.2) is 53.3 Å². The maximum Gasteiger partial charge on any atom is 0.237 e. The SMILES string of the molecule is O=C(CS(=O)(=O)Cc1cccc(Br)c1)N1CCC(n2cccc2)CC1. The molecule has 1 fully saturated rings. The van der Waals surface area contributed by atoms with E-state index in [1.54, 1.807) is 23.1 Å². The molecule has 1 amide bonds. The molecular formula is C18H21BrN2O3S. The molecule has 0 spiro atoms. The van der Waals surface area contributed by atoms with Crippen molar-refractivity contribution in [1.82, 2.24) is 9.47 Å². The number of sulfone groups is 1. The van der Waals surface area contributed by atoms with Gasteiger partial charge in [0.1, 0.15) is 5.75 Å². The maximum atomic E-state index is 12.4. The number of piperidine rings is 1. The smallest absolute Gasteiger partial charge is 0.237 e. The van der Waals surface area contributed by atoms with Crippen molar-refractivity contribution in [2.45, 2.75) is 24.6 Å². The molecule has 25 heavy (non-hydrogen) atoms. The molecule has 0 saturated carbocycles. The fourth-order valence-electron chi connectivity index (χ4n) is 3.22. The van der Waals surface area contributed by atoms with Gasteiger partial charge in [0.25, 0.3) is 0 Å². The Morgan fingerprint density at radius 3 is 2.44 bits per heavy atom. The van der Waals surface area contributed by atoms with Crippen LogP contribution in [0.4, 0.5) is 0 Å². The van der Waals surface area contributed by atoms with E-state index >= 15 is 0 Å². The van der Waals surface area contributed by atoms with Gasteiger partial charge < -0.3 is 9.47 Å². The van der Waals surface area contributed by atoms with E-state index in [0.717, 1.165) is 17.3 Å². The minimum absolute atomic E-state index is 0.113. The van der Waals surface area contributed by atoms with Gasteiger partial charge in [0.2, 0.25) is 5.91 Å². The standard InChI is InChI=1S/C18H21BrN2O3S/c19-16-5-3-4-15(12-16)13-25(23,24)14-18(22)21-10-6-17(7-11-21)20-8-1-2-9-20/h1-5,8-9,12,17H,6-7,10-11,13-14H2. The number of halogens is 1. The highest BCUT2D eigenvalue weighted by molar-refractivity contribution is 9.10. The normalized spacial score (nSPS) is 16.1. The zero-order valence-electron chi connectivity index (χ0n) is 13.8. The van der Waals surface area contributed by atoms with Crippen LogP contribution in [0.1, 0.15) is 24.4 Å². The number of hydrogen-bond acceptors (Lipinski definition) is 3. The van der Waals surface area contributed by atoms with Crippen LogP contribution in [0.25, 0.3) is 0 Å². The first kappa shape index (κ1) is 18.2. The van der Waals surface area contributed by atoms with Gasteiger partial charge in [-0.1, -0.05) is 28.1 Å². The average molecular weight is 425 g/mol. The molecule has 0 bridgehead atoms. The van der Waals surface area contributed by atoms with Gasteiger partial charge in [-0.05, 0) is 42.7 Å². The topological polar surface area (TPSA) is 59.4 Å². The first-order valence-electron chi connectivity index (χ1n) is 8.28. The third kappa shape index (κ3) is 4.95. The average Bonchev–Trinajstić information content (AvgIpc) is 3.08. The van der Waals surface area contributed by atoms with Gasteiger partial charge in [0, 0.05) is 36.0 Å². The number of amides is 1. The summed E-state index contributed by atoms with van der Waals surface area (Å²) in [5, 5.41) is 0. The first-order valence-corrected chi connectivity index (χ1v) is 10.9. The molecule has 5 nitrogen and oxygen atoms in total. The largest absolute Gasteiger partial charge is 0.351 e. The quantitative estimate of drug-likeness (QED) is 0.740. The lowest BCUT2D eigenvalue weighted by Crippen LogP contribution is -2.41. The number of benzene rings is 1. The fourth-order valence-corrected chi connectivity index (χ4v) is 5.01. The van der Waals surface area contributed by atoms with Crippen molar-refractivity contribution < 1.29 is 13.2 Å². The van der Waals surface area contributed by atoms with Crippen LogP contribution in [0.5, 0.6) is 0 Å². The Bertz CT molecular complexity index is 826. The summed E-state index contributed by atoms with van der Waals surface area (Å²) in [5.74, 6) is -0.827. The van der Waals surface area contributed by atoms with Crippen molar-refractivity contribution in [3.63, 3.8) is 0 Å². The number of carbonyl (C=O) groups excluding carboxylic acids is 1. The molecule has 0 radical (unpaired) electrons. The Hall–Kier alpha value is -1.60. The second kappa shape index (κ2) is 7.74. The summed E-state index contributed by atoms with van der Waals surface area (Å²) in [7, 11) is -3.47. The lowest BCUT2D eigenvalue weighted by molar-refractivity contribution is -0.129. The van der Waals surface area contributed by atoms with Crippen molar-refractivity contribution in [2.24, 2.45) is 0 Å². The Morgan fingerprint density at radius 2 is 1.80 bits per heavy atom. The summed E-state index contributed by atoms with van der Waals surface area (Å²) in [6.07, 6.45) is 5.77. The molecule has 1 saturated heterocycles. The highest BCUT2D eigenvalue weighted by Gasteiger charge is 2.26. The van der Waals surface area contributed by atoms with Gasteiger partial charge in [0.15, 0.2) is 9.84 Å². The summed E-state index contributed by atoms with van der Waals surface area (Å²) < 4.78 is 27.7. The summed E-state index contributed by atoms with van der Waals surface area (Å²) in [4.78, 5) is 14.1. The Labute approximate surface area is 156 Å². The van der Waals surface area contributed by atoms with E-state index < -0.39 is 15.6 Å². The van der Waals surface area contributed by atoms with Crippen LogP contribution in [0, 0.1) is 0 Å². The molecule has 3 rings (SSSR count). The molecule has 134 valence electrons. The fraction of sp³-hybridized carbons (Fsp3) is 0.389. The number of carbonyl (C=O) groups is 1. The van der Waals surface area contributed by atoms with Crippen LogP contribution >= 0.6 is 15.9 Å². The van der Waals surface area contributed by atoms with Crippen LogP contribution in [-0.2, 0) is 20.4 Å². The molecule has 0 aliphatic carbocycles. The van der Waals surface area contributed by atoms with E-state index in [4.69, 9.17) is 0 Å². The molecule has 0 N–H and O–H groups in total. The van der Waals surface area contributed by atoms with Gasteiger partial charge in [-0.3, -0.25) is 4.79 Å². The minimum atomic E-state index is -3.47. The molecule has 1 aliphatic rings. The molecule has 7 heteroatoms. The van der Waals surface area contributed by atoms with Crippen LogP contribution in [0.3, 0.4) is 0 Å². The predicted octanol–water partition coefficient (Wildman–Crippen LogP) is 3.03. The number of aromatic nitrogens is 1. The van der Waals surface area contributed by atoms with Crippen molar-refractivity contribution >= 4 is 31.7 Å². The van der Waals surface area contributed by atoms with E-state index in [-0.39, 0.29) is 11.7 Å². The van der Waals surface area contributed by atoms with Gasteiger partial charge in [-0.2, -0.15) is 0 Å². The van der Waals surface area contributed by atoms with Gasteiger partial charge in [-0.15, -0.1) is 0 Å². The highest BCUT2D eigenvalue weighted by Crippen LogP contribution is 2.23. The minimum Gasteiger partial charge on any atom is -0.351 e. The zero-order chi connectivity index (χ0) is 17.9. The van der Waals surface area contributed by atoms with Crippen LogP contribution in [-0.4, -0.2) is 42.6 Å². The summed E-state index contributed by atoms with van der Waals surface area (Å²) in [6.45, 7) is 1.21. The molecule has 2 aromatic rings. The molecule has 1 aromatic carbocycles. The number of rotatable bonds is 5. The Morgan fingerprint density at radius 1 is 1.12 bits per heavy atom. The van der Waals surface area contributed by atoms with Gasteiger partial charge in [-0.25, -0.2) is 8.42 Å². The van der Waals surface area contributed by atoms with E-state index in [0.29, 0.717) is 24.7 Å². The monoisotopic (exact) mass is 424 g/mol. The number of likely N-dealkylation sites (tertiary alicyclic amines) is 1. The van der Waals surface area contributed by atoms with E-state index in [1.807, 2.05) is 30.6 Å². The third-order valence-corrected chi connectivity index (χ3v) is 6.44. The predicted molar refractivity (Wildman–Crippen MR) is 101 cm³/mol. The molecule has 1 aliphatic heterocycles. The molecule has 1 aromatic heterocycles. The van der Waals surface area contributed by atoms with E-state index in [9.17, 15) is 13.2 Å². The summed E-state index contributed by atoms with van der Waals surface area (Å²) in [5.41, 5.74) is 0.688. The Balaban J connectivity index is 1.55. The van der Waals surface area contributed by atoms with Crippen molar-refractivity contribution in [1.29, 1.82) is 0 Å². The second-order valence-electron chi connectivity index (χ2n) is 6.40. The zero-order valence-corrected chi connectivity index (χ0v) is 16.2. The van der Waals surface area contributed by atoms with Gasteiger partial charge in [0.05, 0.1) is 5.75 Å². The maximum absolute atomic E-state index is 12.4. The van der Waals surface area contributed by atoms with Gasteiger partial charge >= 0.3 is 0 Å². The summed E-state index contributed by atoms with van der Waals surface area (Å²) in [6, 6.07) is 11.5. The Kier molecular flexibility index (Phi) is 5.64. The second-order valence-corrected chi connectivity index (χ2v) is 9.38. The number of hydrogen-bond donors (Lipinski definition) is 0. The van der Waals surface area contributed by atoms with Crippen LogP contribution < -0.4 is 0 Å².